The van der Waals surface area contributed by atoms with Gasteiger partial charge < -0.3 is 5.32 Å². The lowest BCUT2D eigenvalue weighted by Crippen LogP contribution is -2.28. The Balaban J connectivity index is 1.60. The molecule has 4 aromatic rings. The maximum atomic E-state index is 13.3. The summed E-state index contributed by atoms with van der Waals surface area (Å²) in [5.41, 5.74) is -0.868. The molecule has 0 fully saturated rings. The molecule has 0 saturated carbocycles. The van der Waals surface area contributed by atoms with E-state index in [4.69, 9.17) is 11.6 Å². The number of aryl methyl sites for hydroxylation is 1. The van der Waals surface area contributed by atoms with Gasteiger partial charge in [-0.25, -0.2) is 18.9 Å². The average Bonchev–Trinajstić information content (AvgIpc) is 3.07. The topological polar surface area (TPSA) is 81.3 Å². The van der Waals surface area contributed by atoms with Crippen LogP contribution in [-0.2, 0) is 17.5 Å². The molecule has 4 rings (SSSR count). The molecule has 0 aliphatic carbocycles. The molecule has 0 spiro atoms. The summed E-state index contributed by atoms with van der Waals surface area (Å²) in [5.74, 6) is -0.853. The molecule has 0 radical (unpaired) electrons. The minimum atomic E-state index is -4.72. The Labute approximate surface area is 194 Å². The molecule has 33 heavy (non-hydrogen) atoms. The highest BCUT2D eigenvalue weighted by Gasteiger charge is 2.34. The quantitative estimate of drug-likeness (QED) is 0.437. The number of rotatable bonds is 5. The molecular formula is C21H15ClF3N5O2S. The molecule has 0 aliphatic heterocycles. The summed E-state index contributed by atoms with van der Waals surface area (Å²) in [6, 6.07) is 10.7. The van der Waals surface area contributed by atoms with Crippen molar-refractivity contribution < 1.29 is 18.0 Å². The normalized spacial score (nSPS) is 11.7. The molecule has 0 bridgehead atoms. The molecule has 12 heteroatoms. The van der Waals surface area contributed by atoms with Gasteiger partial charge >= 0.3 is 11.9 Å². The highest BCUT2D eigenvalue weighted by atomic mass is 35.5. The van der Waals surface area contributed by atoms with Crippen molar-refractivity contribution in [1.29, 1.82) is 0 Å². The highest BCUT2D eigenvalue weighted by Crippen LogP contribution is 2.36. The number of aromatic nitrogens is 4. The van der Waals surface area contributed by atoms with Gasteiger partial charge in [-0.1, -0.05) is 41.1 Å². The predicted molar refractivity (Wildman–Crippen MR) is 118 cm³/mol. The van der Waals surface area contributed by atoms with Crippen molar-refractivity contribution in [3.8, 4) is 0 Å². The standard InChI is InChI=1S/C21H15ClF3N5O2S/c1-12-2-5-14(6-3-12)33-19-18-28-30(20(32)29(18)9-8-26-19)11-17(31)27-16-7-4-13(22)10-15(16)21(23,24)25/h2-10H,11H2,1H3,(H,27,31). The van der Waals surface area contributed by atoms with Gasteiger partial charge in [-0.15, -0.1) is 5.10 Å². The van der Waals surface area contributed by atoms with E-state index < -0.39 is 35.6 Å². The third-order valence-corrected chi connectivity index (χ3v) is 5.78. The Kier molecular flexibility index (Phi) is 6.17. The van der Waals surface area contributed by atoms with Gasteiger partial charge in [0.25, 0.3) is 0 Å². The van der Waals surface area contributed by atoms with Crippen molar-refractivity contribution in [2.24, 2.45) is 0 Å². The number of hydrogen-bond acceptors (Lipinski definition) is 5. The van der Waals surface area contributed by atoms with Crippen LogP contribution in [-0.4, -0.2) is 25.1 Å². The van der Waals surface area contributed by atoms with E-state index in [1.54, 1.807) is 0 Å². The van der Waals surface area contributed by atoms with Gasteiger partial charge in [0.15, 0.2) is 5.65 Å². The molecule has 2 aromatic heterocycles. The van der Waals surface area contributed by atoms with Crippen molar-refractivity contribution in [2.45, 2.75) is 29.6 Å². The first kappa shape index (κ1) is 22.9. The van der Waals surface area contributed by atoms with E-state index in [1.165, 1.54) is 34.6 Å². The van der Waals surface area contributed by atoms with Gasteiger partial charge in [0.1, 0.15) is 11.6 Å². The average molecular weight is 494 g/mol. The van der Waals surface area contributed by atoms with E-state index in [2.05, 4.69) is 15.4 Å². The molecule has 0 saturated heterocycles. The molecule has 2 aromatic carbocycles. The van der Waals surface area contributed by atoms with E-state index in [-0.39, 0.29) is 10.7 Å². The summed E-state index contributed by atoms with van der Waals surface area (Å²) in [6.07, 6.45) is -1.89. The van der Waals surface area contributed by atoms with Gasteiger partial charge in [0, 0.05) is 22.3 Å². The van der Waals surface area contributed by atoms with E-state index in [1.807, 2.05) is 31.2 Å². The van der Waals surface area contributed by atoms with Crippen LogP contribution in [0.15, 0.2) is 69.6 Å². The summed E-state index contributed by atoms with van der Waals surface area (Å²) in [7, 11) is 0. The molecule has 1 N–H and O–H groups in total. The number of nitrogens with one attached hydrogen (secondary N) is 1. The van der Waals surface area contributed by atoms with Crippen LogP contribution in [0.5, 0.6) is 0 Å². The number of benzene rings is 2. The van der Waals surface area contributed by atoms with Crippen molar-refractivity contribution >= 4 is 40.6 Å². The Morgan fingerprint density at radius 3 is 2.61 bits per heavy atom. The molecule has 1 amide bonds. The molecule has 170 valence electrons. The number of fused-ring (bicyclic) bond motifs is 1. The molecular weight excluding hydrogens is 479 g/mol. The molecule has 0 aliphatic rings. The largest absolute Gasteiger partial charge is 0.418 e. The fourth-order valence-electron chi connectivity index (χ4n) is 3.00. The molecule has 2 heterocycles. The first-order valence-electron chi connectivity index (χ1n) is 9.47. The lowest BCUT2D eigenvalue weighted by Gasteiger charge is -2.14. The van der Waals surface area contributed by atoms with Crippen LogP contribution < -0.4 is 11.0 Å². The number of carbonyl (C=O) groups is 1. The zero-order chi connectivity index (χ0) is 23.8. The Morgan fingerprint density at radius 2 is 1.91 bits per heavy atom. The van der Waals surface area contributed by atoms with E-state index in [9.17, 15) is 22.8 Å². The van der Waals surface area contributed by atoms with Crippen molar-refractivity contribution in [2.75, 3.05) is 5.32 Å². The van der Waals surface area contributed by atoms with E-state index >= 15 is 0 Å². The third-order valence-electron chi connectivity index (χ3n) is 4.56. The molecule has 7 nitrogen and oxygen atoms in total. The SMILES string of the molecule is Cc1ccc(Sc2nccn3c(=O)n(CC(=O)Nc4ccc(Cl)cc4C(F)(F)F)nc23)cc1. The summed E-state index contributed by atoms with van der Waals surface area (Å²) in [5, 5.41) is 6.67. The lowest BCUT2D eigenvalue weighted by molar-refractivity contribution is -0.137. The predicted octanol–water partition coefficient (Wildman–Crippen LogP) is 4.66. The fraction of sp³-hybridized carbons (Fsp3) is 0.143. The number of alkyl halides is 3. The van der Waals surface area contributed by atoms with Gasteiger partial charge in [0.2, 0.25) is 5.91 Å². The maximum absolute atomic E-state index is 13.3. The van der Waals surface area contributed by atoms with Crippen LogP contribution in [0.25, 0.3) is 5.65 Å². The minimum Gasteiger partial charge on any atom is -0.324 e. The van der Waals surface area contributed by atoms with Crippen LogP contribution in [0.1, 0.15) is 11.1 Å². The number of amides is 1. The number of anilines is 1. The van der Waals surface area contributed by atoms with Crippen LogP contribution in [0.2, 0.25) is 5.02 Å². The van der Waals surface area contributed by atoms with E-state index in [0.29, 0.717) is 11.1 Å². The summed E-state index contributed by atoms with van der Waals surface area (Å²) in [4.78, 5) is 30.3. The molecule has 0 atom stereocenters. The second-order valence-corrected chi connectivity index (χ2v) is 8.52. The summed E-state index contributed by atoms with van der Waals surface area (Å²) in [6.45, 7) is 1.37. The summed E-state index contributed by atoms with van der Waals surface area (Å²) >= 11 is 6.95. The smallest absolute Gasteiger partial charge is 0.324 e. The van der Waals surface area contributed by atoms with Gasteiger partial charge in [-0.3, -0.25) is 4.79 Å². The Morgan fingerprint density at radius 1 is 1.18 bits per heavy atom. The number of halogens is 4. The Hall–Kier alpha value is -3.31. The number of hydrogen-bond donors (Lipinski definition) is 1. The lowest BCUT2D eigenvalue weighted by atomic mass is 10.1. The second kappa shape index (κ2) is 8.91. The second-order valence-electron chi connectivity index (χ2n) is 7.02. The van der Waals surface area contributed by atoms with Crippen molar-refractivity contribution in [1.82, 2.24) is 19.2 Å². The van der Waals surface area contributed by atoms with Crippen LogP contribution in [0.4, 0.5) is 18.9 Å². The minimum absolute atomic E-state index is 0.122. The van der Waals surface area contributed by atoms with Gasteiger partial charge in [0.05, 0.1) is 11.3 Å². The van der Waals surface area contributed by atoms with Gasteiger partial charge in [-0.05, 0) is 37.3 Å². The molecule has 0 unspecified atom stereocenters. The maximum Gasteiger partial charge on any atom is 0.418 e. The number of nitrogens with zero attached hydrogens (tertiary/aromatic N) is 4. The van der Waals surface area contributed by atoms with Gasteiger partial charge in [-0.2, -0.15) is 13.2 Å². The Bertz CT molecular complexity index is 1400. The monoisotopic (exact) mass is 493 g/mol. The summed E-state index contributed by atoms with van der Waals surface area (Å²) < 4.78 is 41.9. The van der Waals surface area contributed by atoms with Crippen LogP contribution >= 0.6 is 23.4 Å². The first-order valence-corrected chi connectivity index (χ1v) is 10.7. The fourth-order valence-corrected chi connectivity index (χ4v) is 4.02. The van der Waals surface area contributed by atoms with Crippen molar-refractivity contribution in [3.05, 3.63) is 81.5 Å². The zero-order valence-electron chi connectivity index (χ0n) is 16.9. The first-order chi connectivity index (χ1) is 15.6. The van der Waals surface area contributed by atoms with Crippen LogP contribution in [0, 0.1) is 6.92 Å². The van der Waals surface area contributed by atoms with E-state index in [0.717, 1.165) is 21.2 Å². The van der Waals surface area contributed by atoms with Crippen molar-refractivity contribution in [3.63, 3.8) is 0 Å². The third kappa shape index (κ3) is 5.04. The highest BCUT2D eigenvalue weighted by molar-refractivity contribution is 7.99. The zero-order valence-corrected chi connectivity index (χ0v) is 18.5. The van der Waals surface area contributed by atoms with Crippen LogP contribution in [0.3, 0.4) is 0 Å². The number of carbonyl (C=O) groups excluding carboxylic acids is 1.